The molecule has 7 heteroatoms. The lowest BCUT2D eigenvalue weighted by Crippen LogP contribution is -2.34. The van der Waals surface area contributed by atoms with E-state index in [9.17, 15) is 23.5 Å². The molecule has 5 nitrogen and oxygen atoms in total. The molecule has 0 aromatic heterocycles. The Morgan fingerprint density at radius 3 is 2.57 bits per heavy atom. The second kappa shape index (κ2) is 10.3. The molecule has 1 amide bonds. The molecule has 0 radical (unpaired) electrons. The Balaban J connectivity index is 1.87. The maximum Gasteiger partial charge on any atom is 0.303 e. The van der Waals surface area contributed by atoms with Gasteiger partial charge >= 0.3 is 11.9 Å². The van der Waals surface area contributed by atoms with Crippen molar-refractivity contribution in [2.24, 2.45) is 0 Å². The summed E-state index contributed by atoms with van der Waals surface area (Å²) in [5, 5.41) is 18.6. The van der Waals surface area contributed by atoms with Gasteiger partial charge in [-0.1, -0.05) is 55.3 Å². The smallest absolute Gasteiger partial charge is 0.303 e. The SMILES string of the molecule is O=C(O)CCCCCCN1C(=O)CC[C@@H]1C=C[C@@H](O)C(F)(F)c1ccccc1. The van der Waals surface area contributed by atoms with Crippen LogP contribution in [0.25, 0.3) is 0 Å². The van der Waals surface area contributed by atoms with Crippen molar-refractivity contribution in [1.82, 2.24) is 4.90 Å². The molecule has 1 aromatic carbocycles. The molecule has 0 unspecified atom stereocenters. The van der Waals surface area contributed by atoms with E-state index in [0.29, 0.717) is 25.8 Å². The molecule has 2 atom stereocenters. The number of likely N-dealkylation sites (tertiary alicyclic amines) is 1. The summed E-state index contributed by atoms with van der Waals surface area (Å²) in [6.45, 7) is 0.506. The number of halogens is 2. The van der Waals surface area contributed by atoms with Crippen LogP contribution in [0.2, 0.25) is 0 Å². The Morgan fingerprint density at radius 1 is 1.21 bits per heavy atom. The first kappa shape index (κ1) is 22.0. The second-order valence-electron chi connectivity index (χ2n) is 7.07. The van der Waals surface area contributed by atoms with E-state index in [4.69, 9.17) is 5.11 Å². The number of carboxylic acid groups (broad SMARTS) is 1. The van der Waals surface area contributed by atoms with Gasteiger partial charge in [0, 0.05) is 24.9 Å². The zero-order valence-corrected chi connectivity index (χ0v) is 15.8. The van der Waals surface area contributed by atoms with E-state index in [2.05, 4.69) is 0 Å². The van der Waals surface area contributed by atoms with Gasteiger partial charge in [0.25, 0.3) is 0 Å². The number of nitrogens with zero attached hydrogens (tertiary/aromatic N) is 1. The predicted octanol–water partition coefficient (Wildman–Crippen LogP) is 3.72. The lowest BCUT2D eigenvalue weighted by Gasteiger charge is -2.24. The van der Waals surface area contributed by atoms with Crippen LogP contribution in [-0.4, -0.2) is 45.7 Å². The van der Waals surface area contributed by atoms with Crippen LogP contribution in [0.3, 0.4) is 0 Å². The lowest BCUT2D eigenvalue weighted by molar-refractivity contribution is -0.137. The molecule has 2 N–H and O–H groups in total. The Kier molecular flexibility index (Phi) is 8.11. The van der Waals surface area contributed by atoms with Crippen molar-refractivity contribution >= 4 is 11.9 Å². The van der Waals surface area contributed by atoms with Gasteiger partial charge in [0.05, 0.1) is 6.04 Å². The van der Waals surface area contributed by atoms with Crippen LogP contribution in [0, 0.1) is 0 Å². The van der Waals surface area contributed by atoms with Crippen LogP contribution in [-0.2, 0) is 15.5 Å². The highest BCUT2D eigenvalue weighted by Gasteiger charge is 2.39. The number of carbonyl (C=O) groups is 2. The fourth-order valence-corrected chi connectivity index (χ4v) is 3.34. The minimum absolute atomic E-state index is 0.0236. The van der Waals surface area contributed by atoms with Crippen molar-refractivity contribution < 1.29 is 28.6 Å². The molecule has 1 aromatic rings. The molecule has 1 aliphatic rings. The number of hydrogen-bond acceptors (Lipinski definition) is 3. The van der Waals surface area contributed by atoms with Crippen molar-refractivity contribution in [1.29, 1.82) is 0 Å². The molecule has 0 bridgehead atoms. The molecule has 1 aliphatic heterocycles. The van der Waals surface area contributed by atoms with Gasteiger partial charge in [-0.3, -0.25) is 9.59 Å². The fourth-order valence-electron chi connectivity index (χ4n) is 3.34. The molecule has 1 saturated heterocycles. The van der Waals surface area contributed by atoms with Crippen molar-refractivity contribution in [3.05, 3.63) is 48.0 Å². The third-order valence-electron chi connectivity index (χ3n) is 4.96. The van der Waals surface area contributed by atoms with Gasteiger partial charge in [-0.15, -0.1) is 0 Å². The summed E-state index contributed by atoms with van der Waals surface area (Å²) < 4.78 is 28.7. The van der Waals surface area contributed by atoms with E-state index in [0.717, 1.165) is 25.3 Å². The second-order valence-corrected chi connectivity index (χ2v) is 7.07. The number of carbonyl (C=O) groups excluding carboxylic acids is 1. The molecule has 2 rings (SSSR count). The average Bonchev–Trinajstić information content (AvgIpc) is 3.02. The average molecular weight is 395 g/mol. The largest absolute Gasteiger partial charge is 0.481 e. The van der Waals surface area contributed by atoms with Gasteiger partial charge in [-0.2, -0.15) is 8.78 Å². The first-order valence-electron chi connectivity index (χ1n) is 9.63. The molecular weight excluding hydrogens is 368 g/mol. The number of unbranched alkanes of at least 4 members (excludes halogenated alkanes) is 3. The minimum Gasteiger partial charge on any atom is -0.481 e. The van der Waals surface area contributed by atoms with E-state index in [-0.39, 0.29) is 23.9 Å². The quantitative estimate of drug-likeness (QED) is 0.442. The molecular formula is C21H27F2NO4. The lowest BCUT2D eigenvalue weighted by atomic mass is 10.0. The standard InChI is InChI=1S/C21H27F2NO4/c22-21(23,16-8-4-3-5-9-16)18(25)13-11-17-12-14-19(26)24(17)15-7-2-1-6-10-20(27)28/h3-5,8-9,11,13,17-18,25H,1-2,6-7,10,12,14-15H2,(H,27,28)/t17-,18+/m0/s1. The first-order valence-corrected chi connectivity index (χ1v) is 9.63. The third-order valence-corrected chi connectivity index (χ3v) is 4.96. The number of rotatable bonds is 11. The zero-order valence-electron chi connectivity index (χ0n) is 15.8. The molecule has 1 heterocycles. The summed E-state index contributed by atoms with van der Waals surface area (Å²) in [5.74, 6) is -4.25. The van der Waals surface area contributed by atoms with Gasteiger partial charge in [-0.25, -0.2) is 0 Å². The number of alkyl halides is 2. The monoisotopic (exact) mass is 395 g/mol. The van der Waals surface area contributed by atoms with Crippen LogP contribution in [0.15, 0.2) is 42.5 Å². The number of aliphatic hydroxyl groups is 1. The summed E-state index contributed by atoms with van der Waals surface area (Å²) in [4.78, 5) is 24.2. The number of aliphatic carboxylic acids is 1. The highest BCUT2D eigenvalue weighted by atomic mass is 19.3. The highest BCUT2D eigenvalue weighted by Crippen LogP contribution is 2.32. The zero-order chi connectivity index (χ0) is 20.6. The normalized spacial score (nSPS) is 18.8. The summed E-state index contributed by atoms with van der Waals surface area (Å²) in [7, 11) is 0. The van der Waals surface area contributed by atoms with Crippen LogP contribution in [0.1, 0.15) is 50.5 Å². The van der Waals surface area contributed by atoms with Crippen LogP contribution in [0.5, 0.6) is 0 Å². The molecule has 1 fully saturated rings. The van der Waals surface area contributed by atoms with Crippen molar-refractivity contribution in [3.8, 4) is 0 Å². The van der Waals surface area contributed by atoms with Gasteiger partial charge in [0.1, 0.15) is 6.10 Å². The maximum absolute atomic E-state index is 14.4. The van der Waals surface area contributed by atoms with E-state index >= 15 is 0 Å². The Morgan fingerprint density at radius 2 is 1.89 bits per heavy atom. The predicted molar refractivity (Wildman–Crippen MR) is 101 cm³/mol. The van der Waals surface area contributed by atoms with Crippen LogP contribution in [0.4, 0.5) is 8.78 Å². The summed E-state index contributed by atoms with van der Waals surface area (Å²) in [5.41, 5.74) is -0.257. The number of benzene rings is 1. The van der Waals surface area contributed by atoms with Gasteiger partial charge in [0.2, 0.25) is 5.91 Å². The molecule has 0 aliphatic carbocycles. The van der Waals surface area contributed by atoms with Crippen LogP contribution >= 0.6 is 0 Å². The fraction of sp³-hybridized carbons (Fsp3) is 0.524. The molecule has 154 valence electrons. The molecule has 0 saturated carbocycles. The highest BCUT2D eigenvalue weighted by molar-refractivity contribution is 5.79. The topological polar surface area (TPSA) is 77.8 Å². The van der Waals surface area contributed by atoms with Gasteiger partial charge in [-0.05, 0) is 19.3 Å². The molecule has 0 spiro atoms. The maximum atomic E-state index is 14.4. The number of hydrogen-bond donors (Lipinski definition) is 2. The van der Waals surface area contributed by atoms with E-state index < -0.39 is 18.0 Å². The first-order chi connectivity index (χ1) is 13.3. The molecule has 28 heavy (non-hydrogen) atoms. The third kappa shape index (κ3) is 6.12. The van der Waals surface area contributed by atoms with Gasteiger partial charge < -0.3 is 15.1 Å². The van der Waals surface area contributed by atoms with E-state index in [1.807, 2.05) is 0 Å². The van der Waals surface area contributed by atoms with E-state index in [1.165, 1.54) is 30.3 Å². The Hall–Kier alpha value is -2.28. The van der Waals surface area contributed by atoms with Crippen molar-refractivity contribution in [3.63, 3.8) is 0 Å². The van der Waals surface area contributed by atoms with Crippen LogP contribution < -0.4 is 0 Å². The van der Waals surface area contributed by atoms with Crippen molar-refractivity contribution in [2.45, 2.75) is 63.0 Å². The summed E-state index contributed by atoms with van der Waals surface area (Å²) >= 11 is 0. The minimum atomic E-state index is -3.41. The Labute approximate surface area is 163 Å². The number of amides is 1. The number of aliphatic hydroxyl groups excluding tert-OH is 1. The number of carboxylic acids is 1. The summed E-state index contributed by atoms with van der Waals surface area (Å²) in [6.07, 6.45) is 4.57. The van der Waals surface area contributed by atoms with Gasteiger partial charge in [0.15, 0.2) is 0 Å². The van der Waals surface area contributed by atoms with E-state index in [1.54, 1.807) is 11.0 Å². The Bertz CT molecular complexity index is 678. The summed E-state index contributed by atoms with van der Waals surface area (Å²) in [6, 6.07) is 6.86. The van der Waals surface area contributed by atoms with Crippen molar-refractivity contribution in [2.75, 3.05) is 6.54 Å².